The molecule has 0 fully saturated rings. The first-order valence-corrected chi connectivity index (χ1v) is 7.55. The molecule has 5 nitrogen and oxygen atoms in total. The number of amides is 1. The molecule has 0 saturated heterocycles. The lowest BCUT2D eigenvalue weighted by Gasteiger charge is -2.11. The first-order valence-electron chi connectivity index (χ1n) is 7.55. The van der Waals surface area contributed by atoms with E-state index >= 15 is 0 Å². The number of aromatic nitrogens is 1. The highest BCUT2D eigenvalue weighted by Crippen LogP contribution is 2.20. The third-order valence-corrected chi connectivity index (χ3v) is 3.13. The van der Waals surface area contributed by atoms with E-state index in [9.17, 15) is 9.18 Å². The van der Waals surface area contributed by atoms with Crippen molar-refractivity contribution in [2.45, 2.75) is 13.3 Å². The number of anilines is 2. The van der Waals surface area contributed by atoms with E-state index in [0.29, 0.717) is 31.1 Å². The van der Waals surface area contributed by atoms with Crippen molar-refractivity contribution in [2.75, 3.05) is 25.1 Å². The fourth-order valence-corrected chi connectivity index (χ4v) is 1.99. The summed E-state index contributed by atoms with van der Waals surface area (Å²) in [5, 5.41) is 5.67. The summed E-state index contributed by atoms with van der Waals surface area (Å²) in [5.41, 5.74) is 0.642. The molecular formula is C17H20FN3O2. The van der Waals surface area contributed by atoms with Gasteiger partial charge in [-0.3, -0.25) is 4.79 Å². The minimum atomic E-state index is -0.402. The molecule has 1 aromatic carbocycles. The van der Waals surface area contributed by atoms with E-state index in [-0.39, 0.29) is 11.6 Å². The van der Waals surface area contributed by atoms with Crippen molar-refractivity contribution in [3.8, 4) is 0 Å². The Morgan fingerprint density at radius 2 is 2.09 bits per heavy atom. The molecule has 2 N–H and O–H groups in total. The number of nitrogens with one attached hydrogen (secondary N) is 2. The fraction of sp³-hybridized carbons (Fsp3) is 0.294. The molecular weight excluding hydrogens is 297 g/mol. The minimum Gasteiger partial charge on any atom is -0.382 e. The Balaban J connectivity index is 2.02. The molecule has 23 heavy (non-hydrogen) atoms. The second kappa shape index (κ2) is 8.85. The van der Waals surface area contributed by atoms with E-state index in [1.54, 1.807) is 36.5 Å². The molecule has 6 heteroatoms. The van der Waals surface area contributed by atoms with Crippen LogP contribution in [0.4, 0.5) is 15.9 Å². The first kappa shape index (κ1) is 16.9. The lowest BCUT2D eigenvalue weighted by molar-refractivity contribution is 0.0945. The Morgan fingerprint density at radius 3 is 2.87 bits per heavy atom. The van der Waals surface area contributed by atoms with E-state index in [2.05, 4.69) is 15.6 Å². The van der Waals surface area contributed by atoms with E-state index in [1.165, 1.54) is 6.07 Å². The van der Waals surface area contributed by atoms with Crippen LogP contribution in [0.15, 0.2) is 42.6 Å². The molecule has 0 aliphatic heterocycles. The normalized spacial score (nSPS) is 10.3. The topological polar surface area (TPSA) is 63.2 Å². The van der Waals surface area contributed by atoms with Gasteiger partial charge in [-0.2, -0.15) is 0 Å². The fourth-order valence-electron chi connectivity index (χ4n) is 1.99. The highest BCUT2D eigenvalue weighted by Gasteiger charge is 2.13. The van der Waals surface area contributed by atoms with Gasteiger partial charge in [0.25, 0.3) is 5.91 Å². The van der Waals surface area contributed by atoms with Crippen LogP contribution >= 0.6 is 0 Å². The summed E-state index contributed by atoms with van der Waals surface area (Å²) in [4.78, 5) is 16.4. The summed E-state index contributed by atoms with van der Waals surface area (Å²) >= 11 is 0. The maximum Gasteiger partial charge on any atom is 0.255 e. The zero-order valence-corrected chi connectivity index (χ0v) is 13.0. The van der Waals surface area contributed by atoms with Crippen molar-refractivity contribution in [1.82, 2.24) is 10.3 Å². The van der Waals surface area contributed by atoms with Crippen LogP contribution in [0.25, 0.3) is 0 Å². The molecule has 0 aliphatic carbocycles. The van der Waals surface area contributed by atoms with Crippen LogP contribution in [-0.2, 0) is 4.74 Å². The molecule has 1 amide bonds. The Bertz CT molecular complexity index is 649. The number of nitrogens with zero attached hydrogens (tertiary/aromatic N) is 1. The van der Waals surface area contributed by atoms with Crippen molar-refractivity contribution >= 4 is 17.4 Å². The number of pyridine rings is 1. The number of hydrogen-bond donors (Lipinski definition) is 2. The predicted octanol–water partition coefficient (Wildman–Crippen LogP) is 3.12. The van der Waals surface area contributed by atoms with Gasteiger partial charge in [0, 0.05) is 26.0 Å². The van der Waals surface area contributed by atoms with Crippen LogP contribution in [0.1, 0.15) is 23.7 Å². The summed E-state index contributed by atoms with van der Waals surface area (Å²) in [6.07, 6.45) is 2.28. The summed E-state index contributed by atoms with van der Waals surface area (Å²) in [7, 11) is 0. The second-order valence-corrected chi connectivity index (χ2v) is 4.81. The number of carbonyl (C=O) groups excluding carboxylic acids is 1. The highest BCUT2D eigenvalue weighted by molar-refractivity contribution is 5.99. The van der Waals surface area contributed by atoms with E-state index in [1.807, 2.05) is 6.92 Å². The molecule has 0 spiro atoms. The van der Waals surface area contributed by atoms with Gasteiger partial charge < -0.3 is 15.4 Å². The molecule has 2 aromatic rings. The smallest absolute Gasteiger partial charge is 0.255 e. The van der Waals surface area contributed by atoms with Crippen molar-refractivity contribution in [2.24, 2.45) is 0 Å². The summed E-state index contributed by atoms with van der Waals surface area (Å²) in [5.74, 6) is -0.338. The molecule has 1 heterocycles. The van der Waals surface area contributed by atoms with E-state index in [0.717, 1.165) is 6.42 Å². The van der Waals surface area contributed by atoms with Crippen LogP contribution in [0, 0.1) is 5.82 Å². The largest absolute Gasteiger partial charge is 0.382 e. The molecule has 0 radical (unpaired) electrons. The zero-order valence-electron chi connectivity index (χ0n) is 13.0. The number of para-hydroxylation sites is 1. The van der Waals surface area contributed by atoms with Gasteiger partial charge in [0.2, 0.25) is 0 Å². The summed E-state index contributed by atoms with van der Waals surface area (Å²) in [6, 6.07) is 9.56. The van der Waals surface area contributed by atoms with Gasteiger partial charge in [0.15, 0.2) is 0 Å². The Hall–Kier alpha value is -2.47. The number of halogens is 1. The van der Waals surface area contributed by atoms with Crippen LogP contribution < -0.4 is 10.6 Å². The maximum atomic E-state index is 13.7. The van der Waals surface area contributed by atoms with Gasteiger partial charge in [-0.25, -0.2) is 9.37 Å². The lowest BCUT2D eigenvalue weighted by Crippen LogP contribution is -2.26. The van der Waals surface area contributed by atoms with Crippen LogP contribution in [0.5, 0.6) is 0 Å². The average Bonchev–Trinajstić information content (AvgIpc) is 2.57. The molecule has 0 bridgehead atoms. The second-order valence-electron chi connectivity index (χ2n) is 4.81. The molecule has 0 aliphatic rings. The molecule has 1 aromatic heterocycles. The Kier molecular flexibility index (Phi) is 6.50. The van der Waals surface area contributed by atoms with Crippen LogP contribution in [-0.4, -0.2) is 30.6 Å². The molecule has 0 atom stereocenters. The lowest BCUT2D eigenvalue weighted by atomic mass is 10.2. The standard InChI is InChI=1S/C17H20FN3O2/c1-2-23-12-6-11-20-17(22)13-7-5-10-19-16(13)21-15-9-4-3-8-14(15)18/h3-5,7-10H,2,6,11-12H2,1H3,(H,19,21)(H,20,22). The van der Waals surface area contributed by atoms with Crippen LogP contribution in [0.2, 0.25) is 0 Å². The molecule has 0 unspecified atom stereocenters. The zero-order chi connectivity index (χ0) is 16.5. The van der Waals surface area contributed by atoms with Gasteiger partial charge in [0.1, 0.15) is 11.6 Å². The monoisotopic (exact) mass is 317 g/mol. The third-order valence-electron chi connectivity index (χ3n) is 3.13. The van der Waals surface area contributed by atoms with Crippen molar-refractivity contribution in [3.05, 3.63) is 54.0 Å². The maximum absolute atomic E-state index is 13.7. The van der Waals surface area contributed by atoms with Crippen LogP contribution in [0.3, 0.4) is 0 Å². The van der Waals surface area contributed by atoms with E-state index in [4.69, 9.17) is 4.74 Å². The number of carbonyl (C=O) groups is 1. The van der Waals surface area contributed by atoms with Crippen molar-refractivity contribution in [1.29, 1.82) is 0 Å². The number of benzene rings is 1. The molecule has 122 valence electrons. The van der Waals surface area contributed by atoms with Gasteiger partial charge in [0.05, 0.1) is 11.3 Å². The SMILES string of the molecule is CCOCCCNC(=O)c1cccnc1Nc1ccccc1F. The quantitative estimate of drug-likeness (QED) is 0.734. The van der Waals surface area contributed by atoms with Gasteiger partial charge in [-0.15, -0.1) is 0 Å². The first-order chi connectivity index (χ1) is 11.2. The number of ether oxygens (including phenoxy) is 1. The van der Waals surface area contributed by atoms with Gasteiger partial charge in [-0.1, -0.05) is 12.1 Å². The predicted molar refractivity (Wildman–Crippen MR) is 87.4 cm³/mol. The molecule has 2 rings (SSSR count). The van der Waals surface area contributed by atoms with Crippen molar-refractivity contribution < 1.29 is 13.9 Å². The molecule has 0 saturated carbocycles. The Morgan fingerprint density at radius 1 is 1.26 bits per heavy atom. The number of hydrogen-bond acceptors (Lipinski definition) is 4. The van der Waals surface area contributed by atoms with E-state index < -0.39 is 5.82 Å². The highest BCUT2D eigenvalue weighted by atomic mass is 19.1. The summed E-state index contributed by atoms with van der Waals surface area (Å²) < 4.78 is 18.9. The van der Waals surface area contributed by atoms with Gasteiger partial charge in [-0.05, 0) is 37.6 Å². The minimum absolute atomic E-state index is 0.256. The Labute approximate surface area is 134 Å². The van der Waals surface area contributed by atoms with Gasteiger partial charge >= 0.3 is 0 Å². The third kappa shape index (κ3) is 5.03. The number of rotatable bonds is 8. The average molecular weight is 317 g/mol. The van der Waals surface area contributed by atoms with Crippen molar-refractivity contribution in [3.63, 3.8) is 0 Å². The summed E-state index contributed by atoms with van der Waals surface area (Å²) in [6.45, 7) is 3.69.